The van der Waals surface area contributed by atoms with Crippen LogP contribution in [0.1, 0.15) is 23.2 Å². The maximum absolute atomic E-state index is 13.0. The summed E-state index contributed by atoms with van der Waals surface area (Å²) in [4.78, 5) is 36.8. The Kier molecular flexibility index (Phi) is 6.22. The van der Waals surface area contributed by atoms with Gasteiger partial charge in [0.2, 0.25) is 5.91 Å². The molecule has 0 unspecified atom stereocenters. The van der Waals surface area contributed by atoms with Crippen LogP contribution in [0.4, 0.5) is 11.5 Å². The maximum Gasteiger partial charge on any atom is 0.270 e. The molecule has 1 aromatic heterocycles. The van der Waals surface area contributed by atoms with E-state index in [1.165, 1.54) is 29.4 Å². The minimum Gasteiger partial charge on any atom is -0.376 e. The molecule has 1 fully saturated rings. The van der Waals surface area contributed by atoms with E-state index in [0.29, 0.717) is 6.61 Å². The molecular weight excluding hydrogens is 392 g/mol. The van der Waals surface area contributed by atoms with Crippen molar-refractivity contribution in [2.75, 3.05) is 25.0 Å². The van der Waals surface area contributed by atoms with Gasteiger partial charge in [-0.15, -0.1) is 0 Å². The molecule has 1 atom stereocenters. The Morgan fingerprint density at radius 3 is 2.82 bits per heavy atom. The van der Waals surface area contributed by atoms with Crippen LogP contribution in [0.2, 0.25) is 5.02 Å². The average molecular weight is 409 g/mol. The van der Waals surface area contributed by atoms with Crippen LogP contribution in [0.15, 0.2) is 35.1 Å². The number of nitrogens with zero attached hydrogens (tertiary/aromatic N) is 3. The standard InChI is InChI=1S/C17H17ClN4O6/c18-14-8-11(22(25)26)3-4-13(14)17(24)21(9-12-2-1-6-27-12)10-16(23)19-15-5-7-28-20-15/h3-5,7-8,12H,1-2,6,9-10H2,(H,19,20,23)/t12-/m1/s1. The van der Waals surface area contributed by atoms with Crippen molar-refractivity contribution < 1.29 is 23.8 Å². The van der Waals surface area contributed by atoms with E-state index in [4.69, 9.17) is 16.3 Å². The van der Waals surface area contributed by atoms with Crippen LogP contribution in [0.25, 0.3) is 0 Å². The number of nitro benzene ring substituents is 1. The smallest absolute Gasteiger partial charge is 0.270 e. The predicted molar refractivity (Wildman–Crippen MR) is 98.1 cm³/mol. The van der Waals surface area contributed by atoms with Gasteiger partial charge in [0.25, 0.3) is 11.6 Å². The number of amides is 2. The molecule has 0 aliphatic carbocycles. The fourth-order valence-electron chi connectivity index (χ4n) is 2.85. The Labute approximate surface area is 164 Å². The Balaban J connectivity index is 1.77. The van der Waals surface area contributed by atoms with Gasteiger partial charge in [-0.1, -0.05) is 16.8 Å². The Morgan fingerprint density at radius 1 is 1.39 bits per heavy atom. The normalized spacial score (nSPS) is 16.0. The number of non-ortho nitro benzene ring substituents is 1. The van der Waals surface area contributed by atoms with Gasteiger partial charge in [0, 0.05) is 31.4 Å². The zero-order valence-electron chi connectivity index (χ0n) is 14.7. The van der Waals surface area contributed by atoms with E-state index in [-0.39, 0.29) is 41.3 Å². The zero-order valence-corrected chi connectivity index (χ0v) is 15.4. The number of halogens is 1. The molecular formula is C17H17ClN4O6. The van der Waals surface area contributed by atoms with E-state index in [9.17, 15) is 19.7 Å². The van der Waals surface area contributed by atoms with E-state index in [0.717, 1.165) is 18.9 Å². The maximum atomic E-state index is 13.0. The topological polar surface area (TPSA) is 128 Å². The highest BCUT2D eigenvalue weighted by molar-refractivity contribution is 6.34. The van der Waals surface area contributed by atoms with Crippen LogP contribution >= 0.6 is 11.6 Å². The molecule has 0 radical (unpaired) electrons. The first-order chi connectivity index (χ1) is 13.4. The molecule has 3 rings (SSSR count). The van der Waals surface area contributed by atoms with Crippen molar-refractivity contribution in [3.63, 3.8) is 0 Å². The molecule has 0 saturated carbocycles. The summed E-state index contributed by atoms with van der Waals surface area (Å²) in [5.41, 5.74) is -0.157. The van der Waals surface area contributed by atoms with Crippen molar-refractivity contribution in [3.8, 4) is 0 Å². The number of anilines is 1. The Hall–Kier alpha value is -2.98. The fraction of sp³-hybridized carbons (Fsp3) is 0.353. The molecule has 1 aromatic carbocycles. The zero-order chi connectivity index (χ0) is 20.1. The van der Waals surface area contributed by atoms with Crippen LogP contribution in [-0.2, 0) is 9.53 Å². The van der Waals surface area contributed by atoms with E-state index in [1.54, 1.807) is 0 Å². The number of hydrogen-bond acceptors (Lipinski definition) is 7. The lowest BCUT2D eigenvalue weighted by Gasteiger charge is -2.25. The third-order valence-corrected chi connectivity index (χ3v) is 4.48. The summed E-state index contributed by atoms with van der Waals surface area (Å²) in [6, 6.07) is 5.05. The summed E-state index contributed by atoms with van der Waals surface area (Å²) >= 11 is 6.07. The average Bonchev–Trinajstić information content (AvgIpc) is 3.34. The first-order valence-corrected chi connectivity index (χ1v) is 8.87. The van der Waals surface area contributed by atoms with Gasteiger partial charge in [0.15, 0.2) is 5.82 Å². The number of carbonyl (C=O) groups is 2. The largest absolute Gasteiger partial charge is 0.376 e. The number of rotatable bonds is 7. The second-order valence-corrected chi connectivity index (χ2v) is 6.58. The predicted octanol–water partition coefficient (Wildman–Crippen LogP) is 2.50. The van der Waals surface area contributed by atoms with Gasteiger partial charge in [-0.05, 0) is 18.9 Å². The highest BCUT2D eigenvalue weighted by Gasteiger charge is 2.27. The summed E-state index contributed by atoms with van der Waals surface area (Å²) < 4.78 is 10.2. The molecule has 1 saturated heterocycles. The first-order valence-electron chi connectivity index (χ1n) is 8.49. The number of nitro groups is 1. The van der Waals surface area contributed by atoms with Crippen LogP contribution in [0, 0.1) is 10.1 Å². The SMILES string of the molecule is O=C(CN(C[C@H]1CCCO1)C(=O)c1ccc([N+](=O)[O-])cc1Cl)Nc1ccon1. The van der Waals surface area contributed by atoms with Gasteiger partial charge in [-0.2, -0.15) is 0 Å². The third-order valence-electron chi connectivity index (χ3n) is 4.17. The van der Waals surface area contributed by atoms with Gasteiger partial charge in [0.05, 0.1) is 21.6 Å². The molecule has 28 heavy (non-hydrogen) atoms. The van der Waals surface area contributed by atoms with Crippen LogP contribution in [0.5, 0.6) is 0 Å². The summed E-state index contributed by atoms with van der Waals surface area (Å²) in [6.07, 6.45) is 2.75. The molecule has 2 amide bonds. The number of aromatic nitrogens is 1. The summed E-state index contributed by atoms with van der Waals surface area (Å²) in [5, 5.41) is 16.9. The van der Waals surface area contributed by atoms with Crippen molar-refractivity contribution in [3.05, 3.63) is 51.2 Å². The molecule has 2 aromatic rings. The molecule has 2 heterocycles. The van der Waals surface area contributed by atoms with Crippen LogP contribution < -0.4 is 5.32 Å². The highest BCUT2D eigenvalue weighted by Crippen LogP contribution is 2.24. The van der Waals surface area contributed by atoms with Crippen LogP contribution in [0.3, 0.4) is 0 Å². The Bertz CT molecular complexity index is 867. The minimum atomic E-state index is -0.602. The van der Waals surface area contributed by atoms with Crippen LogP contribution in [-0.4, -0.2) is 52.6 Å². The van der Waals surface area contributed by atoms with Crippen molar-refractivity contribution in [2.24, 2.45) is 0 Å². The monoisotopic (exact) mass is 408 g/mol. The lowest BCUT2D eigenvalue weighted by atomic mass is 10.1. The van der Waals surface area contributed by atoms with Gasteiger partial charge in [0.1, 0.15) is 12.8 Å². The lowest BCUT2D eigenvalue weighted by molar-refractivity contribution is -0.384. The molecule has 10 nitrogen and oxygen atoms in total. The summed E-state index contributed by atoms with van der Waals surface area (Å²) in [6.45, 7) is 0.521. The number of ether oxygens (including phenoxy) is 1. The molecule has 0 spiro atoms. The van der Waals surface area contributed by atoms with Crippen molar-refractivity contribution in [1.29, 1.82) is 0 Å². The van der Waals surface area contributed by atoms with Crippen molar-refractivity contribution in [1.82, 2.24) is 10.1 Å². The van der Waals surface area contributed by atoms with Gasteiger partial charge in [-0.25, -0.2) is 0 Å². The minimum absolute atomic E-state index is 0.0616. The highest BCUT2D eigenvalue weighted by atomic mass is 35.5. The van der Waals surface area contributed by atoms with E-state index in [1.807, 2.05) is 0 Å². The van der Waals surface area contributed by atoms with E-state index >= 15 is 0 Å². The van der Waals surface area contributed by atoms with Gasteiger partial charge >= 0.3 is 0 Å². The first kappa shape index (κ1) is 19.8. The van der Waals surface area contributed by atoms with Crippen molar-refractivity contribution >= 4 is 34.9 Å². The molecule has 1 N–H and O–H groups in total. The van der Waals surface area contributed by atoms with Gasteiger partial charge in [-0.3, -0.25) is 19.7 Å². The van der Waals surface area contributed by atoms with E-state index in [2.05, 4.69) is 15.0 Å². The quantitative estimate of drug-likeness (QED) is 0.550. The third kappa shape index (κ3) is 4.84. The van der Waals surface area contributed by atoms with E-state index < -0.39 is 16.7 Å². The molecule has 0 bridgehead atoms. The summed E-state index contributed by atoms with van der Waals surface area (Å²) in [7, 11) is 0. The molecule has 11 heteroatoms. The fourth-order valence-corrected chi connectivity index (χ4v) is 3.10. The van der Waals surface area contributed by atoms with Crippen molar-refractivity contribution in [2.45, 2.75) is 18.9 Å². The second kappa shape index (κ2) is 8.81. The number of carbonyl (C=O) groups excluding carboxylic acids is 2. The summed E-state index contributed by atoms with van der Waals surface area (Å²) in [5.74, 6) is -0.771. The molecule has 1 aliphatic rings. The molecule has 1 aliphatic heterocycles. The number of hydrogen-bond donors (Lipinski definition) is 1. The second-order valence-electron chi connectivity index (χ2n) is 6.17. The Morgan fingerprint density at radius 2 is 2.21 bits per heavy atom. The number of nitrogens with one attached hydrogen (secondary N) is 1. The molecule has 148 valence electrons. The lowest BCUT2D eigenvalue weighted by Crippen LogP contribution is -2.42. The number of benzene rings is 1. The van der Waals surface area contributed by atoms with Gasteiger partial charge < -0.3 is 19.5 Å².